The molecule has 0 aromatic carbocycles. The average molecular weight is 314 g/mol. The first-order valence-electron chi connectivity index (χ1n) is 8.30. The van der Waals surface area contributed by atoms with E-state index in [0.717, 1.165) is 55.4 Å². The highest BCUT2D eigenvalue weighted by Gasteiger charge is 2.27. The van der Waals surface area contributed by atoms with Crippen LogP contribution in [0, 0.1) is 0 Å². The molecule has 120 valence electrons. The van der Waals surface area contributed by atoms with Crippen LogP contribution in [-0.4, -0.2) is 35.1 Å². The van der Waals surface area contributed by atoms with Crippen molar-refractivity contribution >= 4 is 11.6 Å². The Hall–Kier alpha value is -0.580. The first-order valence-corrected chi connectivity index (χ1v) is 8.68. The van der Waals surface area contributed by atoms with Crippen molar-refractivity contribution in [2.24, 2.45) is 0 Å². The molecule has 1 aromatic heterocycles. The second-order valence-electron chi connectivity index (χ2n) is 5.65. The lowest BCUT2D eigenvalue weighted by Gasteiger charge is -2.31. The number of aryl methyl sites for hydroxylation is 2. The van der Waals surface area contributed by atoms with E-state index in [-0.39, 0.29) is 0 Å². The van der Waals surface area contributed by atoms with Gasteiger partial charge in [-0.05, 0) is 39.2 Å². The van der Waals surface area contributed by atoms with Gasteiger partial charge in [0.1, 0.15) is 0 Å². The Labute approximate surface area is 133 Å². The van der Waals surface area contributed by atoms with Crippen LogP contribution in [0.5, 0.6) is 0 Å². The molecular weight excluding hydrogens is 286 g/mol. The van der Waals surface area contributed by atoms with Gasteiger partial charge in [-0.3, -0.25) is 4.68 Å². The SMILES string of the molecule is CCNC(Cc1c(Cl)c(CC)nn1CC)C1CCCCO1. The predicted octanol–water partition coefficient (Wildman–Crippen LogP) is 3.21. The van der Waals surface area contributed by atoms with Crippen LogP contribution in [-0.2, 0) is 24.1 Å². The van der Waals surface area contributed by atoms with Crippen molar-refractivity contribution in [2.45, 2.75) is 71.6 Å². The fourth-order valence-electron chi connectivity index (χ4n) is 3.10. The summed E-state index contributed by atoms with van der Waals surface area (Å²) in [6, 6.07) is 0.319. The predicted molar refractivity (Wildman–Crippen MR) is 87.0 cm³/mol. The van der Waals surface area contributed by atoms with Gasteiger partial charge in [-0.2, -0.15) is 5.10 Å². The normalized spacial score (nSPS) is 20.7. The molecule has 0 spiro atoms. The Morgan fingerprint density at radius 2 is 2.19 bits per heavy atom. The number of ether oxygens (including phenoxy) is 1. The molecule has 0 bridgehead atoms. The van der Waals surface area contributed by atoms with Gasteiger partial charge in [0.2, 0.25) is 0 Å². The molecule has 4 nitrogen and oxygen atoms in total. The Kier molecular flexibility index (Phi) is 6.52. The minimum absolute atomic E-state index is 0.292. The third-order valence-corrected chi connectivity index (χ3v) is 4.67. The second-order valence-corrected chi connectivity index (χ2v) is 6.03. The molecule has 2 heterocycles. The highest BCUT2D eigenvalue weighted by molar-refractivity contribution is 6.31. The van der Waals surface area contributed by atoms with Crippen LogP contribution in [0.2, 0.25) is 5.02 Å². The highest BCUT2D eigenvalue weighted by Crippen LogP contribution is 2.25. The van der Waals surface area contributed by atoms with Gasteiger partial charge in [0.15, 0.2) is 0 Å². The summed E-state index contributed by atoms with van der Waals surface area (Å²) in [4.78, 5) is 0. The fraction of sp³-hybridized carbons (Fsp3) is 0.812. The van der Waals surface area contributed by atoms with Crippen molar-refractivity contribution < 1.29 is 4.74 Å². The molecule has 1 aromatic rings. The van der Waals surface area contributed by atoms with E-state index in [1.807, 2.05) is 4.68 Å². The summed E-state index contributed by atoms with van der Waals surface area (Å²) in [5.74, 6) is 0. The van der Waals surface area contributed by atoms with Crippen molar-refractivity contribution in [3.8, 4) is 0 Å². The van der Waals surface area contributed by atoms with Gasteiger partial charge < -0.3 is 10.1 Å². The molecule has 0 aliphatic carbocycles. The Morgan fingerprint density at radius 1 is 1.38 bits per heavy atom. The van der Waals surface area contributed by atoms with Crippen molar-refractivity contribution in [2.75, 3.05) is 13.2 Å². The third-order valence-electron chi connectivity index (χ3n) is 4.24. The van der Waals surface area contributed by atoms with Crippen LogP contribution in [0.25, 0.3) is 0 Å². The lowest BCUT2D eigenvalue weighted by Crippen LogP contribution is -2.44. The molecule has 0 amide bonds. The number of rotatable bonds is 7. The molecule has 5 heteroatoms. The Bertz CT molecular complexity index is 441. The molecule has 2 rings (SSSR count). The van der Waals surface area contributed by atoms with Crippen LogP contribution < -0.4 is 5.32 Å². The topological polar surface area (TPSA) is 39.1 Å². The molecule has 21 heavy (non-hydrogen) atoms. The van der Waals surface area contributed by atoms with Gasteiger partial charge in [0, 0.05) is 25.6 Å². The molecule has 1 fully saturated rings. The quantitative estimate of drug-likeness (QED) is 0.840. The maximum absolute atomic E-state index is 6.54. The van der Waals surface area contributed by atoms with Crippen LogP contribution in [0.4, 0.5) is 0 Å². The van der Waals surface area contributed by atoms with E-state index in [2.05, 4.69) is 31.2 Å². The number of aromatic nitrogens is 2. The molecule has 0 saturated carbocycles. The Morgan fingerprint density at radius 3 is 2.76 bits per heavy atom. The zero-order chi connectivity index (χ0) is 15.2. The summed E-state index contributed by atoms with van der Waals surface area (Å²) in [6.07, 6.45) is 5.63. The second kappa shape index (κ2) is 8.16. The maximum atomic E-state index is 6.54. The molecule has 1 saturated heterocycles. The van der Waals surface area contributed by atoms with Crippen LogP contribution in [0.3, 0.4) is 0 Å². The molecule has 2 atom stereocenters. The average Bonchev–Trinajstić information content (AvgIpc) is 2.83. The van der Waals surface area contributed by atoms with Crippen LogP contribution in [0.1, 0.15) is 51.4 Å². The summed E-state index contributed by atoms with van der Waals surface area (Å²) in [5, 5.41) is 9.05. The molecule has 1 N–H and O–H groups in total. The number of nitrogens with zero attached hydrogens (tertiary/aromatic N) is 2. The van der Waals surface area contributed by atoms with Crippen molar-refractivity contribution in [3.63, 3.8) is 0 Å². The van der Waals surface area contributed by atoms with Gasteiger partial charge in [-0.1, -0.05) is 25.4 Å². The first-order chi connectivity index (χ1) is 10.2. The van der Waals surface area contributed by atoms with Crippen molar-refractivity contribution in [1.82, 2.24) is 15.1 Å². The minimum atomic E-state index is 0.292. The lowest BCUT2D eigenvalue weighted by atomic mass is 9.98. The number of likely N-dealkylation sites (N-methyl/N-ethyl adjacent to an activating group) is 1. The van der Waals surface area contributed by atoms with E-state index in [0.29, 0.717) is 12.1 Å². The van der Waals surface area contributed by atoms with Gasteiger partial charge in [-0.15, -0.1) is 0 Å². The van der Waals surface area contributed by atoms with Gasteiger partial charge in [0.25, 0.3) is 0 Å². The van der Waals surface area contributed by atoms with Crippen molar-refractivity contribution in [3.05, 3.63) is 16.4 Å². The summed E-state index contributed by atoms with van der Waals surface area (Å²) in [7, 11) is 0. The van der Waals surface area contributed by atoms with Gasteiger partial charge >= 0.3 is 0 Å². The third kappa shape index (κ3) is 3.99. The number of halogens is 1. The zero-order valence-corrected chi connectivity index (χ0v) is 14.2. The van der Waals surface area contributed by atoms with Gasteiger partial charge in [-0.25, -0.2) is 0 Å². The summed E-state index contributed by atoms with van der Waals surface area (Å²) >= 11 is 6.54. The summed E-state index contributed by atoms with van der Waals surface area (Å²) in [5.41, 5.74) is 2.16. The number of hydrogen-bond acceptors (Lipinski definition) is 3. The fourth-order valence-corrected chi connectivity index (χ4v) is 3.45. The number of hydrogen-bond donors (Lipinski definition) is 1. The maximum Gasteiger partial charge on any atom is 0.0850 e. The molecule has 1 aliphatic heterocycles. The minimum Gasteiger partial charge on any atom is -0.377 e. The largest absolute Gasteiger partial charge is 0.377 e. The van der Waals surface area contributed by atoms with Gasteiger partial charge in [0.05, 0.1) is 22.5 Å². The smallest absolute Gasteiger partial charge is 0.0850 e. The van der Waals surface area contributed by atoms with E-state index in [1.54, 1.807) is 0 Å². The molecule has 0 radical (unpaired) electrons. The highest BCUT2D eigenvalue weighted by atomic mass is 35.5. The summed E-state index contributed by atoms with van der Waals surface area (Å²) < 4.78 is 8.03. The van der Waals surface area contributed by atoms with Crippen LogP contribution in [0.15, 0.2) is 0 Å². The zero-order valence-electron chi connectivity index (χ0n) is 13.5. The Balaban J connectivity index is 2.17. The van der Waals surface area contributed by atoms with E-state index < -0.39 is 0 Å². The van der Waals surface area contributed by atoms with E-state index in [4.69, 9.17) is 16.3 Å². The monoisotopic (exact) mass is 313 g/mol. The van der Waals surface area contributed by atoms with E-state index in [1.165, 1.54) is 12.8 Å². The molecular formula is C16H28ClN3O. The molecule has 2 unspecified atom stereocenters. The van der Waals surface area contributed by atoms with E-state index >= 15 is 0 Å². The first kappa shape index (κ1) is 16.8. The molecule has 1 aliphatic rings. The lowest BCUT2D eigenvalue weighted by molar-refractivity contribution is -0.00745. The van der Waals surface area contributed by atoms with E-state index in [9.17, 15) is 0 Å². The summed E-state index contributed by atoms with van der Waals surface area (Å²) in [6.45, 7) is 9.05. The van der Waals surface area contributed by atoms with Crippen molar-refractivity contribution in [1.29, 1.82) is 0 Å². The number of nitrogens with one attached hydrogen (secondary N) is 1. The standard InChI is InChI=1S/C16H28ClN3O/c1-4-12-16(17)14(20(6-3)19-12)11-13(18-5-2)15-9-7-8-10-21-15/h13,15,18H,4-11H2,1-3H3. The van der Waals surface area contributed by atoms with Crippen LogP contribution >= 0.6 is 11.6 Å².